The van der Waals surface area contributed by atoms with E-state index in [0.29, 0.717) is 25.9 Å². The van der Waals surface area contributed by atoms with Gasteiger partial charge in [-0.2, -0.15) is 0 Å². The van der Waals surface area contributed by atoms with Crippen molar-refractivity contribution in [1.29, 1.82) is 0 Å². The van der Waals surface area contributed by atoms with Gasteiger partial charge < -0.3 is 5.32 Å². The first-order chi connectivity index (χ1) is 11.3. The van der Waals surface area contributed by atoms with Crippen molar-refractivity contribution in [3.8, 4) is 0 Å². The molecule has 0 spiro atoms. The van der Waals surface area contributed by atoms with Gasteiger partial charge in [-0.15, -0.1) is 0 Å². The molecule has 1 amide bonds. The van der Waals surface area contributed by atoms with E-state index >= 15 is 0 Å². The minimum atomic E-state index is -3.34. The third-order valence-corrected chi connectivity index (χ3v) is 6.86. The molecule has 0 unspecified atom stereocenters. The van der Waals surface area contributed by atoms with Crippen LogP contribution in [0.25, 0.3) is 0 Å². The van der Waals surface area contributed by atoms with Gasteiger partial charge in [-0.1, -0.05) is 35.0 Å². The molecule has 1 fully saturated rings. The van der Waals surface area contributed by atoms with Crippen molar-refractivity contribution in [3.63, 3.8) is 0 Å². The monoisotopic (exact) mass is 416 g/mol. The van der Waals surface area contributed by atoms with Crippen LogP contribution in [-0.4, -0.2) is 37.8 Å². The number of carbonyl (C=O) groups is 1. The van der Waals surface area contributed by atoms with E-state index in [0.717, 1.165) is 16.5 Å². The van der Waals surface area contributed by atoms with Gasteiger partial charge >= 0.3 is 0 Å². The van der Waals surface area contributed by atoms with Crippen molar-refractivity contribution in [3.05, 3.63) is 34.3 Å². The molecule has 0 aliphatic carbocycles. The van der Waals surface area contributed by atoms with Gasteiger partial charge in [0.2, 0.25) is 15.9 Å². The van der Waals surface area contributed by atoms with Crippen LogP contribution < -0.4 is 5.32 Å². The Morgan fingerprint density at radius 3 is 2.42 bits per heavy atom. The molecule has 24 heavy (non-hydrogen) atoms. The highest BCUT2D eigenvalue weighted by Gasteiger charge is 2.31. The molecular weight excluding hydrogens is 392 g/mol. The van der Waals surface area contributed by atoms with Crippen LogP contribution in [0.2, 0.25) is 0 Å². The Bertz CT molecular complexity index is 653. The highest BCUT2D eigenvalue weighted by Crippen LogP contribution is 2.22. The molecule has 7 heteroatoms. The fourth-order valence-electron chi connectivity index (χ4n) is 2.74. The fourth-order valence-corrected chi connectivity index (χ4v) is 4.57. The Morgan fingerprint density at radius 1 is 1.29 bits per heavy atom. The third-order valence-electron chi connectivity index (χ3n) is 4.48. The van der Waals surface area contributed by atoms with Gasteiger partial charge in [-0.3, -0.25) is 4.79 Å². The van der Waals surface area contributed by atoms with E-state index in [4.69, 9.17) is 0 Å². The van der Waals surface area contributed by atoms with Crippen molar-refractivity contribution in [2.75, 3.05) is 13.1 Å². The lowest BCUT2D eigenvalue weighted by Crippen LogP contribution is -2.44. The number of sulfonamides is 1. The Morgan fingerprint density at radius 2 is 1.88 bits per heavy atom. The zero-order chi connectivity index (χ0) is 17.7. The standard InChI is InChI=1S/C17H25BrN2O3S/c1-3-13(2)19-17(21)15-8-10-20(11-9-15)24(22,23)12-14-4-6-16(18)7-5-14/h4-7,13,15H,3,8-12H2,1-2H3,(H,19,21)/t13-/m0/s1. The molecule has 0 bridgehead atoms. The number of carbonyl (C=O) groups excluding carboxylic acids is 1. The first-order valence-electron chi connectivity index (χ1n) is 8.34. The number of benzene rings is 1. The molecule has 1 aliphatic rings. The van der Waals surface area contributed by atoms with Crippen molar-refractivity contribution < 1.29 is 13.2 Å². The van der Waals surface area contributed by atoms with Gasteiger partial charge in [-0.25, -0.2) is 12.7 Å². The molecule has 1 aromatic carbocycles. The summed E-state index contributed by atoms with van der Waals surface area (Å²) in [5, 5.41) is 2.99. The van der Waals surface area contributed by atoms with E-state index in [2.05, 4.69) is 21.2 Å². The lowest BCUT2D eigenvalue weighted by molar-refractivity contribution is -0.126. The van der Waals surface area contributed by atoms with Crippen molar-refractivity contribution in [1.82, 2.24) is 9.62 Å². The molecule has 0 aromatic heterocycles. The second-order valence-electron chi connectivity index (χ2n) is 6.37. The van der Waals surface area contributed by atoms with E-state index in [1.165, 1.54) is 4.31 Å². The molecule has 0 radical (unpaired) electrons. The lowest BCUT2D eigenvalue weighted by Gasteiger charge is -2.31. The topological polar surface area (TPSA) is 66.5 Å². The molecule has 1 atom stereocenters. The molecule has 2 rings (SSSR count). The van der Waals surface area contributed by atoms with Gasteiger partial charge in [0.1, 0.15) is 0 Å². The second-order valence-corrected chi connectivity index (χ2v) is 9.26. The van der Waals surface area contributed by atoms with Gasteiger partial charge in [0.15, 0.2) is 0 Å². The van der Waals surface area contributed by atoms with Crippen molar-refractivity contribution in [2.45, 2.75) is 44.9 Å². The zero-order valence-corrected chi connectivity index (χ0v) is 16.6. The maximum Gasteiger partial charge on any atom is 0.223 e. The predicted octanol–water partition coefficient (Wildman–Crippen LogP) is 2.91. The smallest absolute Gasteiger partial charge is 0.223 e. The van der Waals surface area contributed by atoms with Crippen LogP contribution in [0.5, 0.6) is 0 Å². The molecule has 5 nitrogen and oxygen atoms in total. The van der Waals surface area contributed by atoms with E-state index in [1.54, 1.807) is 0 Å². The Kier molecular flexibility index (Phi) is 6.83. The summed E-state index contributed by atoms with van der Waals surface area (Å²) in [6.07, 6.45) is 2.07. The van der Waals surface area contributed by atoms with Crippen LogP contribution in [0.15, 0.2) is 28.7 Å². The zero-order valence-electron chi connectivity index (χ0n) is 14.2. The van der Waals surface area contributed by atoms with Gasteiger partial charge in [0.25, 0.3) is 0 Å². The molecule has 134 valence electrons. The third kappa shape index (κ3) is 5.29. The Labute approximate surface area is 153 Å². The van der Waals surface area contributed by atoms with Crippen LogP contribution in [0.4, 0.5) is 0 Å². The number of piperidine rings is 1. The molecule has 1 N–H and O–H groups in total. The number of amides is 1. The summed E-state index contributed by atoms with van der Waals surface area (Å²) in [5.74, 6) is -0.0308. The number of rotatable bonds is 6. The van der Waals surface area contributed by atoms with Gasteiger partial charge in [-0.05, 0) is 43.9 Å². The predicted molar refractivity (Wildman–Crippen MR) is 99.0 cm³/mol. The summed E-state index contributed by atoms with van der Waals surface area (Å²) in [6, 6.07) is 7.48. The van der Waals surface area contributed by atoms with Gasteiger partial charge in [0, 0.05) is 29.5 Å². The van der Waals surface area contributed by atoms with Crippen LogP contribution in [0, 0.1) is 5.92 Å². The highest BCUT2D eigenvalue weighted by molar-refractivity contribution is 9.10. The number of hydrogen-bond donors (Lipinski definition) is 1. The maximum atomic E-state index is 12.6. The van der Waals surface area contributed by atoms with Crippen molar-refractivity contribution >= 4 is 31.9 Å². The Balaban J connectivity index is 1.90. The number of nitrogens with one attached hydrogen (secondary N) is 1. The van der Waals surface area contributed by atoms with E-state index < -0.39 is 10.0 Å². The summed E-state index contributed by atoms with van der Waals surface area (Å²) in [5.41, 5.74) is 0.773. The first kappa shape index (κ1) is 19.4. The number of nitrogens with zero attached hydrogens (tertiary/aromatic N) is 1. The quantitative estimate of drug-likeness (QED) is 0.774. The normalized spacial score (nSPS) is 18.3. The number of halogens is 1. The summed E-state index contributed by atoms with van der Waals surface area (Å²) >= 11 is 3.35. The highest BCUT2D eigenvalue weighted by atomic mass is 79.9. The second kappa shape index (κ2) is 8.45. The lowest BCUT2D eigenvalue weighted by atomic mass is 9.97. The van der Waals surface area contributed by atoms with Crippen LogP contribution in [0.1, 0.15) is 38.7 Å². The summed E-state index contributed by atoms with van der Waals surface area (Å²) in [7, 11) is -3.34. The average molecular weight is 417 g/mol. The van der Waals surface area contributed by atoms with E-state index in [1.807, 2.05) is 38.1 Å². The summed E-state index contributed by atoms with van der Waals surface area (Å²) in [4.78, 5) is 12.2. The molecule has 0 saturated carbocycles. The van der Waals surface area contributed by atoms with E-state index in [9.17, 15) is 13.2 Å². The molecule has 1 aromatic rings. The van der Waals surface area contributed by atoms with Crippen LogP contribution >= 0.6 is 15.9 Å². The summed E-state index contributed by atoms with van der Waals surface area (Å²) < 4.78 is 27.6. The Hall–Kier alpha value is -0.920. The maximum absolute atomic E-state index is 12.6. The average Bonchev–Trinajstić information content (AvgIpc) is 2.56. The van der Waals surface area contributed by atoms with Crippen LogP contribution in [-0.2, 0) is 20.6 Å². The SMILES string of the molecule is CC[C@H](C)NC(=O)C1CCN(S(=O)(=O)Cc2ccc(Br)cc2)CC1. The minimum absolute atomic E-state index is 0.00398. The summed E-state index contributed by atoms with van der Waals surface area (Å²) in [6.45, 7) is 4.84. The molecular formula is C17H25BrN2O3S. The largest absolute Gasteiger partial charge is 0.353 e. The molecule has 1 heterocycles. The first-order valence-corrected chi connectivity index (χ1v) is 10.7. The van der Waals surface area contributed by atoms with Crippen LogP contribution in [0.3, 0.4) is 0 Å². The van der Waals surface area contributed by atoms with Crippen molar-refractivity contribution in [2.24, 2.45) is 5.92 Å². The number of hydrogen-bond acceptors (Lipinski definition) is 3. The van der Waals surface area contributed by atoms with E-state index in [-0.39, 0.29) is 23.6 Å². The minimum Gasteiger partial charge on any atom is -0.353 e. The van der Waals surface area contributed by atoms with Gasteiger partial charge in [0.05, 0.1) is 5.75 Å². The molecule has 1 saturated heterocycles. The molecule has 1 aliphatic heterocycles. The fraction of sp³-hybridized carbons (Fsp3) is 0.588.